The quantitative estimate of drug-likeness (QED) is 0.398. The summed E-state index contributed by atoms with van der Waals surface area (Å²) < 4.78 is 1.02. The first-order chi connectivity index (χ1) is 14.1. The average Bonchev–Trinajstić information content (AvgIpc) is 3.36. The number of aromatic amines is 1. The van der Waals surface area contributed by atoms with Gasteiger partial charge in [0.15, 0.2) is 5.13 Å². The Morgan fingerprint density at radius 2 is 1.90 bits per heavy atom. The zero-order valence-corrected chi connectivity index (χ0v) is 17.2. The number of carbonyl (C=O) groups is 1. The number of hydrogen-bond donors (Lipinski definition) is 3. The van der Waals surface area contributed by atoms with Crippen molar-refractivity contribution in [1.82, 2.24) is 15.2 Å². The molecule has 0 spiro atoms. The van der Waals surface area contributed by atoms with Crippen molar-refractivity contribution >= 4 is 60.8 Å². The van der Waals surface area contributed by atoms with E-state index in [1.165, 1.54) is 11.3 Å². The lowest BCUT2D eigenvalue weighted by Gasteiger charge is -2.37. The molecule has 0 aliphatic heterocycles. The number of fused-ring (bicyclic) bond motifs is 3. The Morgan fingerprint density at radius 1 is 1.10 bits per heavy atom. The van der Waals surface area contributed by atoms with Gasteiger partial charge in [0.1, 0.15) is 5.54 Å². The molecule has 0 radical (unpaired) electrons. The molecule has 0 bridgehead atoms. The molecule has 2 aromatic carbocycles. The number of amides is 1. The van der Waals surface area contributed by atoms with Crippen LogP contribution in [0.25, 0.3) is 21.1 Å². The highest BCUT2D eigenvalue weighted by Gasteiger charge is 2.40. The minimum absolute atomic E-state index is 0.0327. The molecule has 1 saturated carbocycles. The molecule has 4 aromatic rings. The lowest BCUT2D eigenvalue weighted by molar-refractivity contribution is -0.121. The van der Waals surface area contributed by atoms with Gasteiger partial charge in [0, 0.05) is 16.1 Å². The summed E-state index contributed by atoms with van der Waals surface area (Å²) in [6, 6.07) is 11.4. The normalized spacial score (nSPS) is 16.2. The van der Waals surface area contributed by atoms with E-state index in [0.29, 0.717) is 10.2 Å². The molecule has 2 aromatic heterocycles. The van der Waals surface area contributed by atoms with Crippen molar-refractivity contribution in [2.75, 3.05) is 10.6 Å². The highest BCUT2D eigenvalue weighted by atomic mass is 35.5. The minimum atomic E-state index is -0.644. The van der Waals surface area contributed by atoms with Gasteiger partial charge in [-0.15, -0.1) is 0 Å². The first-order valence-electron chi connectivity index (χ1n) is 9.71. The molecule has 1 aliphatic carbocycles. The van der Waals surface area contributed by atoms with Crippen molar-refractivity contribution in [2.24, 2.45) is 0 Å². The Kier molecular flexibility index (Phi) is 4.64. The van der Waals surface area contributed by atoms with E-state index < -0.39 is 5.54 Å². The van der Waals surface area contributed by atoms with Crippen LogP contribution in [0.5, 0.6) is 0 Å². The summed E-state index contributed by atoms with van der Waals surface area (Å²) in [5.41, 5.74) is 2.08. The van der Waals surface area contributed by atoms with E-state index >= 15 is 0 Å². The standard InChI is InChI=1S/C21H20ClN5OS/c22-13-4-6-14(7-5-13)26-21(10-2-1-3-11-21)19(28)25-20-24-17-9-8-16-15(12-23-27-16)18(17)29-20/h4-9,12,26H,1-3,10-11H2,(H,23,27)(H,24,25,28). The van der Waals surface area contributed by atoms with E-state index in [1.54, 1.807) is 6.20 Å². The van der Waals surface area contributed by atoms with Crippen molar-refractivity contribution < 1.29 is 4.79 Å². The molecule has 5 rings (SSSR count). The molecule has 3 N–H and O–H groups in total. The predicted octanol–water partition coefficient (Wildman–Crippen LogP) is 5.58. The molecule has 148 valence electrons. The lowest BCUT2D eigenvalue weighted by atomic mass is 9.80. The third kappa shape index (κ3) is 3.45. The molecule has 6 nitrogen and oxygen atoms in total. The zero-order valence-electron chi connectivity index (χ0n) is 15.7. The van der Waals surface area contributed by atoms with Gasteiger partial charge in [0.2, 0.25) is 0 Å². The van der Waals surface area contributed by atoms with Gasteiger partial charge >= 0.3 is 0 Å². The van der Waals surface area contributed by atoms with Gasteiger partial charge in [-0.05, 0) is 49.2 Å². The molecule has 0 saturated heterocycles. The van der Waals surface area contributed by atoms with Crippen molar-refractivity contribution in [3.05, 3.63) is 47.6 Å². The molecule has 29 heavy (non-hydrogen) atoms. The summed E-state index contributed by atoms with van der Waals surface area (Å²) in [6.07, 6.45) is 6.56. The van der Waals surface area contributed by atoms with Gasteiger partial charge in [-0.25, -0.2) is 4.98 Å². The highest BCUT2D eigenvalue weighted by Crippen LogP contribution is 2.36. The lowest BCUT2D eigenvalue weighted by Crippen LogP contribution is -2.51. The summed E-state index contributed by atoms with van der Waals surface area (Å²) in [5.74, 6) is -0.0327. The number of aromatic nitrogens is 3. The van der Waals surface area contributed by atoms with Crippen molar-refractivity contribution in [3.8, 4) is 0 Å². The maximum atomic E-state index is 13.4. The number of halogens is 1. The molecule has 1 amide bonds. The second-order valence-electron chi connectivity index (χ2n) is 7.49. The fourth-order valence-electron chi connectivity index (χ4n) is 4.05. The number of hydrogen-bond acceptors (Lipinski definition) is 5. The van der Waals surface area contributed by atoms with Crippen molar-refractivity contribution in [2.45, 2.75) is 37.6 Å². The van der Waals surface area contributed by atoms with Gasteiger partial charge in [-0.1, -0.05) is 42.2 Å². The predicted molar refractivity (Wildman–Crippen MR) is 119 cm³/mol. The Hall–Kier alpha value is -2.64. The maximum absolute atomic E-state index is 13.4. The Morgan fingerprint density at radius 3 is 2.69 bits per heavy atom. The number of nitrogens with zero attached hydrogens (tertiary/aromatic N) is 2. The fourth-order valence-corrected chi connectivity index (χ4v) is 5.15. The van der Waals surface area contributed by atoms with Gasteiger partial charge in [-0.3, -0.25) is 15.2 Å². The molecular formula is C21H20ClN5OS. The van der Waals surface area contributed by atoms with Crippen LogP contribution < -0.4 is 10.6 Å². The molecule has 1 aliphatic rings. The highest BCUT2D eigenvalue weighted by molar-refractivity contribution is 7.23. The van der Waals surface area contributed by atoms with Crippen LogP contribution in [0.4, 0.5) is 10.8 Å². The van der Waals surface area contributed by atoms with Crippen LogP contribution in [0, 0.1) is 0 Å². The van der Waals surface area contributed by atoms with Crippen LogP contribution in [0.3, 0.4) is 0 Å². The number of benzene rings is 2. The summed E-state index contributed by atoms with van der Waals surface area (Å²) in [4.78, 5) is 18.0. The first-order valence-corrected chi connectivity index (χ1v) is 10.9. The number of nitrogens with one attached hydrogen (secondary N) is 3. The molecule has 2 heterocycles. The van der Waals surface area contributed by atoms with E-state index in [0.717, 1.165) is 58.9 Å². The summed E-state index contributed by atoms with van der Waals surface area (Å²) in [6.45, 7) is 0. The summed E-state index contributed by atoms with van der Waals surface area (Å²) >= 11 is 7.49. The topological polar surface area (TPSA) is 82.7 Å². The Bertz CT molecular complexity index is 1180. The average molecular weight is 426 g/mol. The molecule has 0 unspecified atom stereocenters. The van der Waals surface area contributed by atoms with Crippen LogP contribution >= 0.6 is 22.9 Å². The van der Waals surface area contributed by atoms with Gasteiger partial charge < -0.3 is 5.32 Å². The van der Waals surface area contributed by atoms with E-state index in [1.807, 2.05) is 36.4 Å². The fraction of sp³-hybridized carbons (Fsp3) is 0.286. The Labute approximate surface area is 176 Å². The van der Waals surface area contributed by atoms with E-state index in [4.69, 9.17) is 11.6 Å². The van der Waals surface area contributed by atoms with Gasteiger partial charge in [0.05, 0.1) is 21.9 Å². The van der Waals surface area contributed by atoms with Crippen LogP contribution in [0.15, 0.2) is 42.6 Å². The molecule has 8 heteroatoms. The van der Waals surface area contributed by atoms with Gasteiger partial charge in [0.25, 0.3) is 5.91 Å². The van der Waals surface area contributed by atoms with Crippen LogP contribution in [0.2, 0.25) is 5.02 Å². The zero-order chi connectivity index (χ0) is 19.8. The number of rotatable bonds is 4. The van der Waals surface area contributed by atoms with Crippen LogP contribution in [-0.2, 0) is 4.79 Å². The second-order valence-corrected chi connectivity index (χ2v) is 8.93. The molecule has 0 atom stereocenters. The number of H-pyrrole nitrogens is 1. The first kappa shape index (κ1) is 18.4. The second kappa shape index (κ2) is 7.31. The number of carbonyl (C=O) groups excluding carboxylic acids is 1. The number of thiazole rings is 1. The van der Waals surface area contributed by atoms with E-state index in [-0.39, 0.29) is 5.91 Å². The number of anilines is 2. The third-order valence-electron chi connectivity index (χ3n) is 5.56. The molecular weight excluding hydrogens is 406 g/mol. The third-order valence-corrected chi connectivity index (χ3v) is 6.84. The largest absolute Gasteiger partial charge is 0.371 e. The van der Waals surface area contributed by atoms with E-state index in [2.05, 4.69) is 25.8 Å². The smallest absolute Gasteiger partial charge is 0.251 e. The maximum Gasteiger partial charge on any atom is 0.251 e. The summed E-state index contributed by atoms with van der Waals surface area (Å²) in [7, 11) is 0. The molecule has 1 fully saturated rings. The minimum Gasteiger partial charge on any atom is -0.371 e. The Balaban J connectivity index is 1.44. The SMILES string of the molecule is O=C(Nc1nc2ccc3[nH]ncc3c2s1)C1(Nc2ccc(Cl)cc2)CCCCC1. The van der Waals surface area contributed by atoms with Crippen molar-refractivity contribution in [1.29, 1.82) is 0 Å². The van der Waals surface area contributed by atoms with Crippen LogP contribution in [0.1, 0.15) is 32.1 Å². The van der Waals surface area contributed by atoms with Gasteiger partial charge in [-0.2, -0.15) is 5.10 Å². The summed E-state index contributed by atoms with van der Waals surface area (Å²) in [5, 5.41) is 16.0. The monoisotopic (exact) mass is 425 g/mol. The van der Waals surface area contributed by atoms with Crippen molar-refractivity contribution in [3.63, 3.8) is 0 Å². The van der Waals surface area contributed by atoms with E-state index in [9.17, 15) is 4.79 Å². The van der Waals surface area contributed by atoms with Crippen LogP contribution in [-0.4, -0.2) is 26.6 Å².